The van der Waals surface area contributed by atoms with Gasteiger partial charge in [0.05, 0.1) is 0 Å². The predicted molar refractivity (Wildman–Crippen MR) is 88.8 cm³/mol. The van der Waals surface area contributed by atoms with E-state index in [1.165, 1.54) is 5.56 Å². The first-order valence-corrected chi connectivity index (χ1v) is 8.51. The molecule has 5 heteroatoms. The molecule has 4 nitrogen and oxygen atoms in total. The highest BCUT2D eigenvalue weighted by molar-refractivity contribution is 7.07. The lowest BCUT2D eigenvalue weighted by atomic mass is 10.2. The first-order chi connectivity index (χ1) is 9.83. The van der Waals surface area contributed by atoms with Crippen molar-refractivity contribution >= 4 is 17.4 Å². The van der Waals surface area contributed by atoms with Crippen LogP contribution in [-0.4, -0.2) is 36.2 Å². The highest BCUT2D eigenvalue weighted by Gasteiger charge is 2.20. The Labute approximate surface area is 132 Å². The lowest BCUT2D eigenvalue weighted by Crippen LogP contribution is -2.38. The summed E-state index contributed by atoms with van der Waals surface area (Å²) in [7, 11) is 0. The molecule has 1 heterocycles. The molecule has 0 saturated heterocycles. The van der Waals surface area contributed by atoms with Gasteiger partial charge in [0.15, 0.2) is 0 Å². The number of rotatable bonds is 7. The van der Waals surface area contributed by atoms with Crippen LogP contribution >= 0.6 is 11.3 Å². The van der Waals surface area contributed by atoms with Gasteiger partial charge in [0.25, 0.3) is 0 Å². The Balaban J connectivity index is 2.27. The monoisotopic (exact) mass is 312 g/mol. The smallest absolute Gasteiger partial charge is 0.410 e. The van der Waals surface area contributed by atoms with Gasteiger partial charge in [0.1, 0.15) is 5.60 Å². The van der Waals surface area contributed by atoms with Crippen molar-refractivity contribution in [3.63, 3.8) is 0 Å². The molecule has 1 rings (SSSR count). The molecule has 1 atom stereocenters. The van der Waals surface area contributed by atoms with Crippen molar-refractivity contribution in [2.45, 2.75) is 52.7 Å². The number of amides is 1. The fraction of sp³-hybridized carbons (Fsp3) is 0.688. The van der Waals surface area contributed by atoms with Crippen molar-refractivity contribution in [2.24, 2.45) is 0 Å². The Morgan fingerprint density at radius 3 is 2.71 bits per heavy atom. The number of hydrogen-bond acceptors (Lipinski definition) is 4. The average molecular weight is 312 g/mol. The standard InChI is InChI=1S/C16H28N2O2S/c1-6-18(15(19)20-16(3,4)5)10-7-9-17-13(2)14-8-11-21-12-14/h8,11-13,17H,6-7,9-10H2,1-5H3. The SMILES string of the molecule is CCN(CCCNC(C)c1ccsc1)C(=O)OC(C)(C)C. The summed E-state index contributed by atoms with van der Waals surface area (Å²) in [6.07, 6.45) is 0.692. The number of nitrogens with one attached hydrogen (secondary N) is 1. The third-order valence-corrected chi connectivity index (χ3v) is 3.83. The van der Waals surface area contributed by atoms with Gasteiger partial charge in [0.2, 0.25) is 0 Å². The minimum absolute atomic E-state index is 0.226. The predicted octanol–water partition coefficient (Wildman–Crippen LogP) is 4.05. The largest absolute Gasteiger partial charge is 0.444 e. The van der Waals surface area contributed by atoms with E-state index >= 15 is 0 Å². The van der Waals surface area contributed by atoms with Gasteiger partial charge in [-0.2, -0.15) is 11.3 Å². The van der Waals surface area contributed by atoms with Crippen molar-refractivity contribution in [3.05, 3.63) is 22.4 Å². The molecule has 1 amide bonds. The molecule has 0 aromatic carbocycles. The minimum atomic E-state index is -0.434. The molecule has 0 fully saturated rings. The Kier molecular flexibility index (Phi) is 7.18. The number of ether oxygens (including phenoxy) is 1. The van der Waals surface area contributed by atoms with Crippen LogP contribution in [0.3, 0.4) is 0 Å². The Morgan fingerprint density at radius 2 is 2.19 bits per heavy atom. The molecule has 1 unspecified atom stereocenters. The van der Waals surface area contributed by atoms with E-state index in [1.807, 2.05) is 27.7 Å². The van der Waals surface area contributed by atoms with Gasteiger partial charge in [-0.05, 0) is 70.0 Å². The third-order valence-electron chi connectivity index (χ3n) is 3.13. The number of hydrogen-bond donors (Lipinski definition) is 1. The van der Waals surface area contributed by atoms with Crippen LogP contribution in [0.5, 0.6) is 0 Å². The molecule has 0 spiro atoms. The summed E-state index contributed by atoms with van der Waals surface area (Å²) in [5.41, 5.74) is 0.885. The first-order valence-electron chi connectivity index (χ1n) is 7.57. The summed E-state index contributed by atoms with van der Waals surface area (Å²) in [6.45, 7) is 12.1. The van der Waals surface area contributed by atoms with Crippen LogP contribution in [0, 0.1) is 0 Å². The zero-order valence-corrected chi connectivity index (χ0v) is 14.6. The minimum Gasteiger partial charge on any atom is -0.444 e. The van der Waals surface area contributed by atoms with Gasteiger partial charge in [-0.1, -0.05) is 0 Å². The molecule has 1 aromatic rings. The van der Waals surface area contributed by atoms with E-state index in [0.29, 0.717) is 12.6 Å². The third kappa shape index (κ3) is 6.96. The summed E-state index contributed by atoms with van der Waals surface area (Å²) < 4.78 is 5.40. The molecule has 0 aliphatic carbocycles. The lowest BCUT2D eigenvalue weighted by Gasteiger charge is -2.26. The van der Waals surface area contributed by atoms with E-state index in [9.17, 15) is 4.79 Å². The maximum atomic E-state index is 12.0. The van der Waals surface area contributed by atoms with Crippen LogP contribution in [-0.2, 0) is 4.74 Å². The van der Waals surface area contributed by atoms with Crippen LogP contribution in [0.25, 0.3) is 0 Å². The normalized spacial score (nSPS) is 13.0. The average Bonchev–Trinajstić information content (AvgIpc) is 2.90. The zero-order valence-electron chi connectivity index (χ0n) is 13.8. The van der Waals surface area contributed by atoms with Crippen molar-refractivity contribution in [2.75, 3.05) is 19.6 Å². The van der Waals surface area contributed by atoms with E-state index in [0.717, 1.165) is 19.5 Å². The number of carbonyl (C=O) groups is 1. The van der Waals surface area contributed by atoms with Crippen LogP contribution in [0.2, 0.25) is 0 Å². The zero-order chi connectivity index (χ0) is 15.9. The second-order valence-electron chi connectivity index (χ2n) is 6.15. The molecule has 21 heavy (non-hydrogen) atoms. The fourth-order valence-corrected chi connectivity index (χ4v) is 2.69. The molecule has 1 N–H and O–H groups in total. The van der Waals surface area contributed by atoms with E-state index < -0.39 is 5.60 Å². The highest BCUT2D eigenvalue weighted by atomic mass is 32.1. The second kappa shape index (κ2) is 8.39. The van der Waals surface area contributed by atoms with Crippen LogP contribution in [0.4, 0.5) is 4.79 Å². The first kappa shape index (κ1) is 18.0. The maximum absolute atomic E-state index is 12.0. The highest BCUT2D eigenvalue weighted by Crippen LogP contribution is 2.15. The van der Waals surface area contributed by atoms with Crippen molar-refractivity contribution in [1.29, 1.82) is 0 Å². The van der Waals surface area contributed by atoms with Gasteiger partial charge < -0.3 is 15.0 Å². The number of thiophene rings is 1. The summed E-state index contributed by atoms with van der Waals surface area (Å²) >= 11 is 1.72. The molecule has 0 bridgehead atoms. The molecular weight excluding hydrogens is 284 g/mol. The molecule has 120 valence electrons. The summed E-state index contributed by atoms with van der Waals surface area (Å²) in [4.78, 5) is 13.7. The molecule has 0 aliphatic heterocycles. The summed E-state index contributed by atoms with van der Waals surface area (Å²) in [6, 6.07) is 2.49. The molecule has 0 radical (unpaired) electrons. The molecule has 0 saturated carbocycles. The van der Waals surface area contributed by atoms with E-state index in [-0.39, 0.29) is 6.09 Å². The molecule has 0 aliphatic rings. The summed E-state index contributed by atoms with van der Waals surface area (Å²) in [5.74, 6) is 0. The van der Waals surface area contributed by atoms with Gasteiger partial charge in [-0.25, -0.2) is 4.79 Å². The van der Waals surface area contributed by atoms with E-state index in [1.54, 1.807) is 16.2 Å². The topological polar surface area (TPSA) is 41.6 Å². The Bertz CT molecular complexity index is 412. The van der Waals surface area contributed by atoms with Gasteiger partial charge in [-0.15, -0.1) is 0 Å². The number of nitrogens with zero attached hydrogens (tertiary/aromatic N) is 1. The summed E-state index contributed by atoms with van der Waals surface area (Å²) in [5, 5.41) is 7.74. The number of carbonyl (C=O) groups excluding carboxylic acids is 1. The molecular formula is C16H28N2O2S. The van der Waals surface area contributed by atoms with Crippen molar-refractivity contribution in [3.8, 4) is 0 Å². The lowest BCUT2D eigenvalue weighted by molar-refractivity contribution is 0.0258. The van der Waals surface area contributed by atoms with Crippen LogP contribution in [0.15, 0.2) is 16.8 Å². The van der Waals surface area contributed by atoms with Gasteiger partial charge in [-0.3, -0.25) is 0 Å². The van der Waals surface area contributed by atoms with Crippen LogP contribution < -0.4 is 5.32 Å². The van der Waals surface area contributed by atoms with Gasteiger partial charge >= 0.3 is 6.09 Å². The quantitative estimate of drug-likeness (QED) is 0.772. The van der Waals surface area contributed by atoms with Crippen molar-refractivity contribution in [1.82, 2.24) is 10.2 Å². The van der Waals surface area contributed by atoms with Gasteiger partial charge in [0, 0.05) is 19.1 Å². The van der Waals surface area contributed by atoms with E-state index in [2.05, 4.69) is 29.1 Å². The molecule has 1 aromatic heterocycles. The van der Waals surface area contributed by atoms with Crippen LogP contribution in [0.1, 0.15) is 52.6 Å². The van der Waals surface area contributed by atoms with E-state index in [4.69, 9.17) is 4.74 Å². The maximum Gasteiger partial charge on any atom is 0.410 e. The Morgan fingerprint density at radius 1 is 1.48 bits per heavy atom. The Hall–Kier alpha value is -1.07. The fourth-order valence-electron chi connectivity index (χ4n) is 1.93. The van der Waals surface area contributed by atoms with Crippen molar-refractivity contribution < 1.29 is 9.53 Å². The second-order valence-corrected chi connectivity index (χ2v) is 6.93.